The third-order valence-electron chi connectivity index (χ3n) is 4.77. The maximum absolute atomic E-state index is 12.2. The molecule has 3 aliphatic heterocycles. The van der Waals surface area contributed by atoms with Gasteiger partial charge in [0.15, 0.2) is 26.5 Å². The Morgan fingerprint density at radius 2 is 2.07 bits per heavy atom. The van der Waals surface area contributed by atoms with Crippen molar-refractivity contribution in [1.82, 2.24) is 4.90 Å². The molecular weight excluding hydrogens is 388 g/mol. The molecule has 0 radical (unpaired) electrons. The molecule has 146 valence electrons. The summed E-state index contributed by atoms with van der Waals surface area (Å²) in [6.07, 6.45) is 0.384. The fourth-order valence-corrected chi connectivity index (χ4v) is 7.53. The Kier molecular flexibility index (Phi) is 4.84. The molecule has 4 rings (SSSR count). The van der Waals surface area contributed by atoms with Gasteiger partial charge in [-0.25, -0.2) is 8.42 Å². The number of thioether (sulfide) groups is 1. The van der Waals surface area contributed by atoms with Gasteiger partial charge in [0.1, 0.15) is 0 Å². The second-order valence-corrected chi connectivity index (χ2v) is 10.9. The summed E-state index contributed by atoms with van der Waals surface area (Å²) in [6, 6.07) is 5.53. The molecule has 1 aromatic rings. The number of carbonyl (C=O) groups excluding carboxylic acids is 1. The molecule has 2 saturated heterocycles. The topological polar surface area (TPSA) is 85.3 Å². The molecule has 0 N–H and O–H groups in total. The minimum atomic E-state index is -3.06. The number of benzene rings is 1. The fourth-order valence-electron chi connectivity index (χ4n) is 3.56. The Morgan fingerprint density at radius 3 is 2.85 bits per heavy atom. The van der Waals surface area contributed by atoms with Crippen LogP contribution in [0.5, 0.6) is 11.5 Å². The van der Waals surface area contributed by atoms with Crippen LogP contribution in [-0.4, -0.2) is 54.0 Å². The summed E-state index contributed by atoms with van der Waals surface area (Å²) in [4.78, 5) is 18.5. The van der Waals surface area contributed by atoms with Crippen LogP contribution in [0.25, 0.3) is 0 Å². The van der Waals surface area contributed by atoms with Crippen LogP contribution in [0.1, 0.15) is 25.8 Å². The Balaban J connectivity index is 1.60. The molecule has 9 heteroatoms. The van der Waals surface area contributed by atoms with E-state index >= 15 is 0 Å². The summed E-state index contributed by atoms with van der Waals surface area (Å²) in [7, 11) is -3.06. The number of sulfone groups is 1. The van der Waals surface area contributed by atoms with E-state index in [1.807, 2.05) is 36.9 Å². The van der Waals surface area contributed by atoms with Gasteiger partial charge in [-0.3, -0.25) is 4.79 Å². The summed E-state index contributed by atoms with van der Waals surface area (Å²) < 4.78 is 34.9. The van der Waals surface area contributed by atoms with E-state index in [2.05, 4.69) is 4.99 Å². The second kappa shape index (κ2) is 7.01. The molecule has 27 heavy (non-hydrogen) atoms. The van der Waals surface area contributed by atoms with Gasteiger partial charge in [0.2, 0.25) is 12.7 Å². The van der Waals surface area contributed by atoms with Gasteiger partial charge >= 0.3 is 0 Å². The zero-order valence-corrected chi connectivity index (χ0v) is 16.9. The molecule has 0 aromatic heterocycles. The number of carbonyl (C=O) groups is 1. The highest BCUT2D eigenvalue weighted by atomic mass is 32.2. The average Bonchev–Trinajstić information content (AvgIpc) is 3.21. The molecule has 1 aromatic carbocycles. The SMILES string of the molecule is CC(C)CC(=O)N=C1S[C@H]2CS(=O)(=O)C[C@@H]2N1Cc1ccc2c(c1)OCO2. The normalized spacial score (nSPS) is 26.8. The van der Waals surface area contributed by atoms with Crippen molar-refractivity contribution in [2.45, 2.75) is 38.1 Å². The van der Waals surface area contributed by atoms with Crippen LogP contribution >= 0.6 is 11.8 Å². The van der Waals surface area contributed by atoms with E-state index in [-0.39, 0.29) is 41.4 Å². The van der Waals surface area contributed by atoms with Crippen molar-refractivity contribution in [2.75, 3.05) is 18.3 Å². The third kappa shape index (κ3) is 3.94. The highest BCUT2D eigenvalue weighted by Crippen LogP contribution is 2.40. The van der Waals surface area contributed by atoms with E-state index in [0.717, 1.165) is 5.56 Å². The van der Waals surface area contributed by atoms with Crippen LogP contribution in [0.4, 0.5) is 0 Å². The molecule has 2 fully saturated rings. The van der Waals surface area contributed by atoms with Gasteiger partial charge in [0.05, 0.1) is 17.5 Å². The van der Waals surface area contributed by atoms with Gasteiger partial charge in [-0.15, -0.1) is 0 Å². The first-order chi connectivity index (χ1) is 12.8. The van der Waals surface area contributed by atoms with Gasteiger partial charge < -0.3 is 14.4 Å². The minimum absolute atomic E-state index is 0.0744. The average molecular weight is 411 g/mol. The van der Waals surface area contributed by atoms with Crippen molar-refractivity contribution in [1.29, 1.82) is 0 Å². The Hall–Kier alpha value is -1.74. The van der Waals surface area contributed by atoms with Crippen LogP contribution in [0.15, 0.2) is 23.2 Å². The first kappa shape index (κ1) is 18.6. The molecule has 0 saturated carbocycles. The Labute approximate surface area is 163 Å². The molecule has 3 heterocycles. The van der Waals surface area contributed by atoms with Gasteiger partial charge in [-0.1, -0.05) is 31.7 Å². The van der Waals surface area contributed by atoms with E-state index in [1.54, 1.807) is 0 Å². The zero-order valence-electron chi connectivity index (χ0n) is 15.3. The largest absolute Gasteiger partial charge is 0.454 e. The lowest BCUT2D eigenvalue weighted by Gasteiger charge is -2.24. The van der Waals surface area contributed by atoms with Crippen molar-refractivity contribution in [3.63, 3.8) is 0 Å². The molecule has 0 aliphatic carbocycles. The van der Waals surface area contributed by atoms with Crippen LogP contribution in [-0.2, 0) is 21.2 Å². The standard InChI is InChI=1S/C18H22N2O5S2/c1-11(2)5-17(21)19-18-20(13-8-27(22,23)9-16(13)26-18)7-12-3-4-14-15(6-12)25-10-24-14/h3-4,6,11,13,16H,5,7-10H2,1-2H3/t13-,16-/m0/s1. The van der Waals surface area contributed by atoms with Gasteiger partial charge in [0, 0.05) is 18.2 Å². The fraction of sp³-hybridized carbons (Fsp3) is 0.556. The minimum Gasteiger partial charge on any atom is -0.454 e. The van der Waals surface area contributed by atoms with Gasteiger partial charge in [0.25, 0.3) is 0 Å². The number of amidine groups is 1. The molecule has 2 atom stereocenters. The van der Waals surface area contributed by atoms with Crippen LogP contribution in [0, 0.1) is 5.92 Å². The maximum Gasteiger partial charge on any atom is 0.248 e. The monoisotopic (exact) mass is 410 g/mol. The van der Waals surface area contributed by atoms with E-state index < -0.39 is 9.84 Å². The summed E-state index contributed by atoms with van der Waals surface area (Å²) in [5, 5.41) is 0.554. The summed E-state index contributed by atoms with van der Waals surface area (Å²) in [5.74, 6) is 1.70. The molecular formula is C18H22N2O5S2. The highest BCUT2D eigenvalue weighted by molar-refractivity contribution is 8.15. The number of aliphatic imine (C=N–C) groups is 1. The Morgan fingerprint density at radius 1 is 1.30 bits per heavy atom. The molecule has 7 nitrogen and oxygen atoms in total. The first-order valence-electron chi connectivity index (χ1n) is 8.94. The lowest BCUT2D eigenvalue weighted by molar-refractivity contribution is -0.118. The molecule has 0 bridgehead atoms. The van der Waals surface area contributed by atoms with Crippen molar-refractivity contribution in [3.05, 3.63) is 23.8 Å². The van der Waals surface area contributed by atoms with Crippen molar-refractivity contribution >= 4 is 32.7 Å². The number of amides is 1. The lowest BCUT2D eigenvalue weighted by atomic mass is 10.1. The Bertz CT molecular complexity index is 897. The number of fused-ring (bicyclic) bond motifs is 2. The van der Waals surface area contributed by atoms with Crippen LogP contribution < -0.4 is 9.47 Å². The number of rotatable bonds is 4. The summed E-state index contributed by atoms with van der Waals surface area (Å²) in [5.41, 5.74) is 0.966. The quantitative estimate of drug-likeness (QED) is 0.751. The lowest BCUT2D eigenvalue weighted by Crippen LogP contribution is -2.37. The first-order valence-corrected chi connectivity index (χ1v) is 11.6. The zero-order chi connectivity index (χ0) is 19.2. The molecule has 3 aliphatic rings. The van der Waals surface area contributed by atoms with Crippen molar-refractivity contribution in [2.24, 2.45) is 10.9 Å². The van der Waals surface area contributed by atoms with Crippen molar-refractivity contribution < 1.29 is 22.7 Å². The smallest absolute Gasteiger partial charge is 0.248 e. The van der Waals surface area contributed by atoms with Crippen LogP contribution in [0.2, 0.25) is 0 Å². The summed E-state index contributed by atoms with van der Waals surface area (Å²) in [6.45, 7) is 4.64. The number of hydrogen-bond acceptors (Lipinski definition) is 6. The number of hydrogen-bond donors (Lipinski definition) is 0. The van der Waals surface area contributed by atoms with E-state index in [4.69, 9.17) is 9.47 Å². The number of ether oxygens (including phenoxy) is 2. The molecule has 0 spiro atoms. The third-order valence-corrected chi connectivity index (χ3v) is 8.02. The predicted octanol–water partition coefficient (Wildman–Crippen LogP) is 2.06. The predicted molar refractivity (Wildman–Crippen MR) is 104 cm³/mol. The number of nitrogens with zero attached hydrogens (tertiary/aromatic N) is 2. The van der Waals surface area contributed by atoms with Crippen molar-refractivity contribution in [3.8, 4) is 11.5 Å². The van der Waals surface area contributed by atoms with Gasteiger partial charge in [-0.05, 0) is 23.6 Å². The van der Waals surface area contributed by atoms with E-state index in [1.165, 1.54) is 11.8 Å². The molecule has 0 unspecified atom stereocenters. The maximum atomic E-state index is 12.2. The molecule has 1 amide bonds. The highest BCUT2D eigenvalue weighted by Gasteiger charge is 2.48. The van der Waals surface area contributed by atoms with E-state index in [0.29, 0.717) is 29.6 Å². The van der Waals surface area contributed by atoms with Gasteiger partial charge in [-0.2, -0.15) is 4.99 Å². The summed E-state index contributed by atoms with van der Waals surface area (Å²) >= 11 is 1.41. The van der Waals surface area contributed by atoms with E-state index in [9.17, 15) is 13.2 Å². The second-order valence-electron chi connectivity index (χ2n) is 7.50. The van der Waals surface area contributed by atoms with Crippen LogP contribution in [0.3, 0.4) is 0 Å².